The van der Waals surface area contributed by atoms with Crippen LogP contribution in [0.3, 0.4) is 0 Å². The average Bonchev–Trinajstić information content (AvgIpc) is 2.80. The molecule has 0 atom stereocenters. The lowest BCUT2D eigenvalue weighted by Crippen LogP contribution is -2.04. The summed E-state index contributed by atoms with van der Waals surface area (Å²) in [4.78, 5) is 9.02. The Kier molecular flexibility index (Phi) is 4.42. The second kappa shape index (κ2) is 6.49. The van der Waals surface area contributed by atoms with E-state index in [0.717, 1.165) is 48.1 Å². The SMILES string of the molecule is CCCn1c(C)c(C)c2ncnc(CCc3ccc(F)cc3)c21. The van der Waals surface area contributed by atoms with Crippen LogP contribution in [0.15, 0.2) is 30.6 Å². The molecule has 4 heteroatoms. The van der Waals surface area contributed by atoms with Crippen molar-refractivity contribution in [3.8, 4) is 0 Å². The molecule has 3 rings (SSSR count). The van der Waals surface area contributed by atoms with Crippen LogP contribution in [-0.4, -0.2) is 14.5 Å². The number of nitrogens with zero attached hydrogens (tertiary/aromatic N) is 3. The lowest BCUT2D eigenvalue weighted by atomic mass is 10.1. The summed E-state index contributed by atoms with van der Waals surface area (Å²) in [6, 6.07) is 6.71. The molecule has 0 fully saturated rings. The Bertz CT molecular complexity index is 819. The van der Waals surface area contributed by atoms with E-state index in [1.807, 2.05) is 12.1 Å². The summed E-state index contributed by atoms with van der Waals surface area (Å²) >= 11 is 0. The minimum atomic E-state index is -0.193. The Morgan fingerprint density at radius 1 is 1.04 bits per heavy atom. The van der Waals surface area contributed by atoms with Gasteiger partial charge in [0.2, 0.25) is 0 Å². The predicted molar refractivity (Wildman–Crippen MR) is 91.1 cm³/mol. The first-order valence-corrected chi connectivity index (χ1v) is 8.15. The summed E-state index contributed by atoms with van der Waals surface area (Å²) in [5.41, 5.74) is 6.92. The Morgan fingerprint density at radius 3 is 2.48 bits per heavy atom. The number of rotatable bonds is 5. The average molecular weight is 311 g/mol. The molecule has 0 bridgehead atoms. The fourth-order valence-corrected chi connectivity index (χ4v) is 3.11. The standard InChI is InChI=1S/C19H22FN3/c1-4-11-23-14(3)13(2)18-19(23)17(21-12-22-18)10-7-15-5-8-16(20)9-6-15/h5-6,8-9,12H,4,7,10-11H2,1-3H3. The molecule has 0 radical (unpaired) electrons. The van der Waals surface area contributed by atoms with Crippen LogP contribution in [0.25, 0.3) is 11.0 Å². The molecule has 0 saturated heterocycles. The van der Waals surface area contributed by atoms with E-state index in [0.29, 0.717) is 0 Å². The predicted octanol–water partition coefficient (Wildman–Crippen LogP) is 4.38. The minimum absolute atomic E-state index is 0.193. The topological polar surface area (TPSA) is 30.7 Å². The molecule has 3 nitrogen and oxygen atoms in total. The molecule has 0 aliphatic rings. The van der Waals surface area contributed by atoms with Crippen molar-refractivity contribution < 1.29 is 4.39 Å². The quantitative estimate of drug-likeness (QED) is 0.700. The maximum absolute atomic E-state index is 13.0. The normalized spacial score (nSPS) is 11.3. The summed E-state index contributed by atoms with van der Waals surface area (Å²) in [6.07, 6.45) is 4.42. The zero-order valence-corrected chi connectivity index (χ0v) is 13.9. The number of hydrogen-bond acceptors (Lipinski definition) is 2. The van der Waals surface area contributed by atoms with Crippen molar-refractivity contribution in [2.45, 2.75) is 46.6 Å². The molecule has 0 aliphatic carbocycles. The highest BCUT2D eigenvalue weighted by molar-refractivity contribution is 5.83. The highest BCUT2D eigenvalue weighted by Crippen LogP contribution is 2.26. The zero-order valence-electron chi connectivity index (χ0n) is 13.9. The third-order valence-corrected chi connectivity index (χ3v) is 4.48. The van der Waals surface area contributed by atoms with Gasteiger partial charge in [-0.1, -0.05) is 19.1 Å². The van der Waals surface area contributed by atoms with Crippen LogP contribution < -0.4 is 0 Å². The molecular weight excluding hydrogens is 289 g/mol. The molecule has 0 unspecified atom stereocenters. The highest BCUT2D eigenvalue weighted by atomic mass is 19.1. The van der Waals surface area contributed by atoms with Gasteiger partial charge in [-0.2, -0.15) is 0 Å². The molecule has 3 aromatic rings. The van der Waals surface area contributed by atoms with E-state index >= 15 is 0 Å². The summed E-state index contributed by atoms with van der Waals surface area (Å²) in [5, 5.41) is 0. The van der Waals surface area contributed by atoms with Gasteiger partial charge in [-0.05, 0) is 56.4 Å². The van der Waals surface area contributed by atoms with Crippen LogP contribution in [0.2, 0.25) is 0 Å². The lowest BCUT2D eigenvalue weighted by molar-refractivity contribution is 0.627. The summed E-state index contributed by atoms with van der Waals surface area (Å²) < 4.78 is 15.4. The van der Waals surface area contributed by atoms with Gasteiger partial charge in [-0.15, -0.1) is 0 Å². The van der Waals surface area contributed by atoms with Crippen molar-refractivity contribution in [2.75, 3.05) is 0 Å². The van der Waals surface area contributed by atoms with Crippen molar-refractivity contribution in [1.29, 1.82) is 0 Å². The Balaban J connectivity index is 1.97. The van der Waals surface area contributed by atoms with Gasteiger partial charge >= 0.3 is 0 Å². The van der Waals surface area contributed by atoms with E-state index in [2.05, 4.69) is 35.3 Å². The van der Waals surface area contributed by atoms with Crippen molar-refractivity contribution in [2.24, 2.45) is 0 Å². The van der Waals surface area contributed by atoms with Crippen molar-refractivity contribution in [1.82, 2.24) is 14.5 Å². The van der Waals surface area contributed by atoms with Gasteiger partial charge in [-0.3, -0.25) is 0 Å². The van der Waals surface area contributed by atoms with Crippen LogP contribution in [0, 0.1) is 19.7 Å². The smallest absolute Gasteiger partial charge is 0.123 e. The van der Waals surface area contributed by atoms with E-state index in [-0.39, 0.29) is 5.82 Å². The maximum Gasteiger partial charge on any atom is 0.123 e. The third-order valence-electron chi connectivity index (χ3n) is 4.48. The van der Waals surface area contributed by atoms with Crippen LogP contribution in [0.5, 0.6) is 0 Å². The number of aryl methyl sites for hydroxylation is 4. The van der Waals surface area contributed by atoms with E-state index < -0.39 is 0 Å². The molecule has 23 heavy (non-hydrogen) atoms. The Hall–Kier alpha value is -2.23. The minimum Gasteiger partial charge on any atom is -0.342 e. The molecular formula is C19H22FN3. The van der Waals surface area contributed by atoms with Crippen molar-refractivity contribution >= 4 is 11.0 Å². The molecule has 120 valence electrons. The molecule has 0 saturated carbocycles. The second-order valence-electron chi connectivity index (χ2n) is 6.01. The summed E-state index contributed by atoms with van der Waals surface area (Å²) in [5.74, 6) is -0.193. The Labute approximate surface area is 136 Å². The van der Waals surface area contributed by atoms with Gasteiger partial charge < -0.3 is 4.57 Å². The number of halogens is 1. The largest absolute Gasteiger partial charge is 0.342 e. The van der Waals surface area contributed by atoms with Crippen LogP contribution in [0.1, 0.15) is 35.9 Å². The van der Waals surface area contributed by atoms with Gasteiger partial charge in [-0.25, -0.2) is 14.4 Å². The summed E-state index contributed by atoms with van der Waals surface area (Å²) in [7, 11) is 0. The number of benzene rings is 1. The molecule has 0 aliphatic heterocycles. The van der Waals surface area contributed by atoms with Gasteiger partial charge in [0.05, 0.1) is 16.7 Å². The molecule has 0 amide bonds. The fourth-order valence-electron chi connectivity index (χ4n) is 3.11. The zero-order chi connectivity index (χ0) is 16.4. The van der Waals surface area contributed by atoms with Crippen molar-refractivity contribution in [3.05, 3.63) is 58.9 Å². The fraction of sp³-hybridized carbons (Fsp3) is 0.368. The molecule has 2 heterocycles. The number of hydrogen-bond donors (Lipinski definition) is 0. The van der Waals surface area contributed by atoms with Crippen LogP contribution in [0.4, 0.5) is 4.39 Å². The van der Waals surface area contributed by atoms with Gasteiger partial charge in [0.1, 0.15) is 12.1 Å². The molecule has 0 N–H and O–H groups in total. The third kappa shape index (κ3) is 2.98. The number of fused-ring (bicyclic) bond motifs is 1. The lowest BCUT2D eigenvalue weighted by Gasteiger charge is -2.09. The van der Waals surface area contributed by atoms with Crippen molar-refractivity contribution in [3.63, 3.8) is 0 Å². The molecule has 2 aromatic heterocycles. The Morgan fingerprint density at radius 2 is 1.78 bits per heavy atom. The summed E-state index contributed by atoms with van der Waals surface area (Å²) in [6.45, 7) is 7.44. The van der Waals surface area contributed by atoms with E-state index in [1.165, 1.54) is 23.4 Å². The molecule has 1 aromatic carbocycles. The first kappa shape index (κ1) is 15.7. The van der Waals surface area contributed by atoms with Crippen LogP contribution >= 0.6 is 0 Å². The van der Waals surface area contributed by atoms with E-state index in [4.69, 9.17) is 0 Å². The van der Waals surface area contributed by atoms with Crippen LogP contribution in [-0.2, 0) is 19.4 Å². The van der Waals surface area contributed by atoms with Gasteiger partial charge in [0.15, 0.2) is 0 Å². The monoisotopic (exact) mass is 311 g/mol. The van der Waals surface area contributed by atoms with E-state index in [1.54, 1.807) is 6.33 Å². The number of aromatic nitrogens is 3. The molecule has 0 spiro atoms. The van der Waals surface area contributed by atoms with Gasteiger partial charge in [0.25, 0.3) is 0 Å². The highest BCUT2D eigenvalue weighted by Gasteiger charge is 2.15. The van der Waals surface area contributed by atoms with E-state index in [9.17, 15) is 4.39 Å². The second-order valence-corrected chi connectivity index (χ2v) is 6.01. The first-order chi connectivity index (χ1) is 11.1. The first-order valence-electron chi connectivity index (χ1n) is 8.15. The van der Waals surface area contributed by atoms with Gasteiger partial charge in [0, 0.05) is 12.2 Å². The maximum atomic E-state index is 13.0.